The Hall–Kier alpha value is -2.14. The lowest BCUT2D eigenvalue weighted by atomic mass is 10.2. The van der Waals surface area contributed by atoms with Crippen LogP contribution in [0.15, 0.2) is 36.5 Å². The Morgan fingerprint density at radius 2 is 1.91 bits per heavy atom. The van der Waals surface area contributed by atoms with E-state index in [0.717, 1.165) is 44.1 Å². The number of rotatable bonds is 3. The molecule has 3 heterocycles. The third-order valence-corrected chi connectivity index (χ3v) is 4.62. The van der Waals surface area contributed by atoms with Crippen LogP contribution < -0.4 is 4.90 Å². The largest absolute Gasteiger partial charge is 0.352 e. The lowest BCUT2D eigenvalue weighted by Crippen LogP contribution is -2.47. The standard InChI is InChI=1S/C18H21FN4/c1-2-8-21-10-12-22(13-11-21)18-16-7-4-9-23(16)17-14(19)5-3-6-15(17)20-18/h3-7,9H,2,8,10-13H2,1H3. The predicted octanol–water partition coefficient (Wildman–Crippen LogP) is 3.16. The van der Waals surface area contributed by atoms with E-state index in [2.05, 4.69) is 16.7 Å². The van der Waals surface area contributed by atoms with Gasteiger partial charge in [0, 0.05) is 32.4 Å². The van der Waals surface area contributed by atoms with Crippen LogP contribution >= 0.6 is 0 Å². The van der Waals surface area contributed by atoms with Gasteiger partial charge in [-0.15, -0.1) is 0 Å². The second-order valence-electron chi connectivity index (χ2n) is 6.14. The molecule has 0 aliphatic carbocycles. The van der Waals surface area contributed by atoms with E-state index in [1.165, 1.54) is 12.5 Å². The molecule has 120 valence electrons. The average Bonchev–Trinajstić information content (AvgIpc) is 3.05. The van der Waals surface area contributed by atoms with Gasteiger partial charge in [-0.3, -0.25) is 4.90 Å². The molecule has 4 rings (SSSR count). The van der Waals surface area contributed by atoms with E-state index >= 15 is 0 Å². The predicted molar refractivity (Wildman–Crippen MR) is 91.6 cm³/mol. The summed E-state index contributed by atoms with van der Waals surface area (Å²) in [5.74, 6) is 0.736. The molecule has 1 aliphatic heterocycles. The van der Waals surface area contributed by atoms with Crippen molar-refractivity contribution in [2.75, 3.05) is 37.6 Å². The van der Waals surface area contributed by atoms with Crippen molar-refractivity contribution < 1.29 is 4.39 Å². The van der Waals surface area contributed by atoms with Crippen LogP contribution in [0.1, 0.15) is 13.3 Å². The van der Waals surface area contributed by atoms with E-state index in [1.54, 1.807) is 6.07 Å². The summed E-state index contributed by atoms with van der Waals surface area (Å²) in [6.45, 7) is 7.43. The Kier molecular flexibility index (Phi) is 3.65. The maximum atomic E-state index is 14.2. The summed E-state index contributed by atoms with van der Waals surface area (Å²) in [5, 5.41) is 0. The van der Waals surface area contributed by atoms with Crippen molar-refractivity contribution in [1.82, 2.24) is 14.3 Å². The fraction of sp³-hybridized carbons (Fsp3) is 0.389. The van der Waals surface area contributed by atoms with E-state index in [9.17, 15) is 4.39 Å². The van der Waals surface area contributed by atoms with Crippen molar-refractivity contribution in [3.63, 3.8) is 0 Å². The molecule has 0 unspecified atom stereocenters. The van der Waals surface area contributed by atoms with Crippen molar-refractivity contribution in [3.05, 3.63) is 42.3 Å². The summed E-state index contributed by atoms with van der Waals surface area (Å²) in [7, 11) is 0. The number of hydrogen-bond donors (Lipinski definition) is 0. The number of hydrogen-bond acceptors (Lipinski definition) is 3. The molecule has 0 amide bonds. The summed E-state index contributed by atoms with van der Waals surface area (Å²) in [4.78, 5) is 9.60. The van der Waals surface area contributed by atoms with E-state index in [4.69, 9.17) is 4.98 Å². The Bertz CT molecular complexity index is 834. The highest BCUT2D eigenvalue weighted by atomic mass is 19.1. The molecular formula is C18H21FN4. The smallest absolute Gasteiger partial charge is 0.153 e. The van der Waals surface area contributed by atoms with Crippen LogP contribution in [0, 0.1) is 5.82 Å². The molecule has 2 aromatic heterocycles. The van der Waals surface area contributed by atoms with Gasteiger partial charge in [0.25, 0.3) is 0 Å². The van der Waals surface area contributed by atoms with Crippen molar-refractivity contribution in [3.8, 4) is 0 Å². The Balaban J connectivity index is 1.76. The minimum atomic E-state index is -0.226. The van der Waals surface area contributed by atoms with Crippen LogP contribution in [0.25, 0.3) is 16.6 Å². The van der Waals surface area contributed by atoms with Gasteiger partial charge in [-0.25, -0.2) is 9.37 Å². The Labute approximate surface area is 135 Å². The van der Waals surface area contributed by atoms with Crippen LogP contribution in [0.5, 0.6) is 0 Å². The second kappa shape index (κ2) is 5.81. The molecule has 1 aromatic carbocycles. The van der Waals surface area contributed by atoms with E-state index < -0.39 is 0 Å². The molecule has 1 aliphatic rings. The van der Waals surface area contributed by atoms with Crippen molar-refractivity contribution >= 4 is 22.4 Å². The second-order valence-corrected chi connectivity index (χ2v) is 6.14. The average molecular weight is 312 g/mol. The SMILES string of the molecule is CCCN1CCN(c2nc3cccc(F)c3n3cccc23)CC1. The van der Waals surface area contributed by atoms with Gasteiger partial charge in [0.2, 0.25) is 0 Å². The Morgan fingerprint density at radius 1 is 1.09 bits per heavy atom. The first kappa shape index (κ1) is 14.5. The first-order valence-electron chi connectivity index (χ1n) is 8.30. The maximum absolute atomic E-state index is 14.2. The molecule has 23 heavy (non-hydrogen) atoms. The highest BCUT2D eigenvalue weighted by Gasteiger charge is 2.21. The highest BCUT2D eigenvalue weighted by molar-refractivity contribution is 5.85. The minimum absolute atomic E-state index is 0.226. The lowest BCUT2D eigenvalue weighted by molar-refractivity contribution is 0.258. The number of halogens is 1. The van der Waals surface area contributed by atoms with Crippen molar-refractivity contribution in [1.29, 1.82) is 0 Å². The number of anilines is 1. The molecule has 0 spiro atoms. The summed E-state index contributed by atoms with van der Waals surface area (Å²) in [6, 6.07) is 9.08. The zero-order valence-corrected chi connectivity index (χ0v) is 13.4. The molecule has 1 saturated heterocycles. The molecule has 1 fully saturated rings. The summed E-state index contributed by atoms with van der Waals surface area (Å²) >= 11 is 0. The lowest BCUT2D eigenvalue weighted by Gasteiger charge is -2.35. The van der Waals surface area contributed by atoms with E-state index in [0.29, 0.717) is 11.0 Å². The third kappa shape index (κ3) is 2.45. The number of aromatic nitrogens is 2. The van der Waals surface area contributed by atoms with Gasteiger partial charge in [-0.1, -0.05) is 13.0 Å². The molecule has 0 bridgehead atoms. The molecule has 3 aromatic rings. The number of benzene rings is 1. The number of piperazine rings is 1. The van der Waals surface area contributed by atoms with Gasteiger partial charge in [0.15, 0.2) is 5.82 Å². The molecule has 0 radical (unpaired) electrons. The molecule has 5 heteroatoms. The summed E-state index contributed by atoms with van der Waals surface area (Å²) in [5.41, 5.74) is 2.24. The molecule has 0 saturated carbocycles. The van der Waals surface area contributed by atoms with Crippen LogP contribution in [0.3, 0.4) is 0 Å². The third-order valence-electron chi connectivity index (χ3n) is 4.62. The maximum Gasteiger partial charge on any atom is 0.153 e. The topological polar surface area (TPSA) is 23.8 Å². The van der Waals surface area contributed by atoms with Gasteiger partial charge in [0.05, 0.1) is 11.0 Å². The van der Waals surface area contributed by atoms with Crippen LogP contribution in [0.2, 0.25) is 0 Å². The molecule has 4 nitrogen and oxygen atoms in total. The van der Waals surface area contributed by atoms with Gasteiger partial charge in [0.1, 0.15) is 11.3 Å². The zero-order valence-electron chi connectivity index (χ0n) is 13.4. The summed E-state index contributed by atoms with van der Waals surface area (Å²) < 4.78 is 16.1. The van der Waals surface area contributed by atoms with Gasteiger partial charge >= 0.3 is 0 Å². The molecule has 0 N–H and O–H groups in total. The van der Waals surface area contributed by atoms with Gasteiger partial charge in [-0.2, -0.15) is 0 Å². The minimum Gasteiger partial charge on any atom is -0.352 e. The quantitative estimate of drug-likeness (QED) is 0.742. The fourth-order valence-corrected chi connectivity index (χ4v) is 3.49. The first-order chi connectivity index (χ1) is 11.3. The van der Waals surface area contributed by atoms with Crippen molar-refractivity contribution in [2.45, 2.75) is 13.3 Å². The van der Waals surface area contributed by atoms with Crippen LogP contribution in [-0.2, 0) is 0 Å². The number of nitrogens with zero attached hydrogens (tertiary/aromatic N) is 4. The zero-order chi connectivity index (χ0) is 15.8. The van der Waals surface area contributed by atoms with E-state index in [1.807, 2.05) is 28.8 Å². The number of para-hydroxylation sites is 1. The van der Waals surface area contributed by atoms with Gasteiger partial charge < -0.3 is 9.30 Å². The molecular weight excluding hydrogens is 291 g/mol. The van der Waals surface area contributed by atoms with Gasteiger partial charge in [-0.05, 0) is 37.2 Å². The highest BCUT2D eigenvalue weighted by Crippen LogP contribution is 2.27. The van der Waals surface area contributed by atoms with E-state index in [-0.39, 0.29) is 5.82 Å². The van der Waals surface area contributed by atoms with Crippen molar-refractivity contribution in [2.24, 2.45) is 0 Å². The normalized spacial score (nSPS) is 16.5. The monoisotopic (exact) mass is 312 g/mol. The summed E-state index contributed by atoms with van der Waals surface area (Å²) in [6.07, 6.45) is 3.11. The fourth-order valence-electron chi connectivity index (χ4n) is 3.49. The molecule has 0 atom stereocenters. The first-order valence-corrected chi connectivity index (χ1v) is 8.30. The van der Waals surface area contributed by atoms with Crippen LogP contribution in [-0.4, -0.2) is 47.0 Å². The Morgan fingerprint density at radius 3 is 2.70 bits per heavy atom. The number of fused-ring (bicyclic) bond motifs is 3. The van der Waals surface area contributed by atoms with Crippen LogP contribution in [0.4, 0.5) is 10.2 Å².